The number of aryl methyl sites for hydroxylation is 1. The van der Waals surface area contributed by atoms with E-state index in [1.54, 1.807) is 0 Å². The van der Waals surface area contributed by atoms with Gasteiger partial charge in [0.25, 0.3) is 0 Å². The molecular formula is C16H21N3O. The predicted molar refractivity (Wildman–Crippen MR) is 80.2 cm³/mol. The summed E-state index contributed by atoms with van der Waals surface area (Å²) in [6.07, 6.45) is 4.32. The SMILES string of the molecule is CC(C)n1ccc(COc2cccc3c2NCCC3)n1. The summed E-state index contributed by atoms with van der Waals surface area (Å²) >= 11 is 0. The Morgan fingerprint density at radius 1 is 1.35 bits per heavy atom. The van der Waals surface area contributed by atoms with E-state index >= 15 is 0 Å². The average molecular weight is 271 g/mol. The van der Waals surface area contributed by atoms with Crippen LogP contribution in [0.1, 0.15) is 37.6 Å². The normalized spacial score (nSPS) is 13.9. The third-order valence-corrected chi connectivity index (χ3v) is 3.61. The number of hydrogen-bond donors (Lipinski definition) is 1. The molecule has 0 saturated carbocycles. The fourth-order valence-corrected chi connectivity index (χ4v) is 2.49. The van der Waals surface area contributed by atoms with E-state index < -0.39 is 0 Å². The number of fused-ring (bicyclic) bond motifs is 1. The van der Waals surface area contributed by atoms with Crippen molar-refractivity contribution in [2.24, 2.45) is 0 Å². The largest absolute Gasteiger partial charge is 0.485 e. The molecule has 0 bridgehead atoms. The van der Waals surface area contributed by atoms with Gasteiger partial charge in [0, 0.05) is 18.8 Å². The molecule has 0 amide bonds. The molecule has 1 aliphatic rings. The number of anilines is 1. The first-order chi connectivity index (χ1) is 9.74. The maximum Gasteiger partial charge on any atom is 0.143 e. The second-order valence-corrected chi connectivity index (χ2v) is 5.49. The lowest BCUT2D eigenvalue weighted by Gasteiger charge is -2.20. The Labute approximate surface area is 119 Å². The van der Waals surface area contributed by atoms with Gasteiger partial charge in [0.15, 0.2) is 0 Å². The molecule has 0 saturated heterocycles. The fraction of sp³-hybridized carbons (Fsp3) is 0.438. The van der Waals surface area contributed by atoms with Gasteiger partial charge in [-0.15, -0.1) is 0 Å². The lowest BCUT2D eigenvalue weighted by molar-refractivity contribution is 0.299. The molecule has 0 unspecified atom stereocenters. The van der Waals surface area contributed by atoms with Gasteiger partial charge < -0.3 is 10.1 Å². The summed E-state index contributed by atoms with van der Waals surface area (Å²) in [4.78, 5) is 0. The van der Waals surface area contributed by atoms with E-state index in [0.717, 1.165) is 30.1 Å². The van der Waals surface area contributed by atoms with Gasteiger partial charge in [-0.2, -0.15) is 5.10 Å². The van der Waals surface area contributed by atoms with E-state index in [4.69, 9.17) is 4.74 Å². The molecular weight excluding hydrogens is 250 g/mol. The number of nitrogens with one attached hydrogen (secondary N) is 1. The number of nitrogens with zero attached hydrogens (tertiary/aromatic N) is 2. The molecule has 1 aromatic heterocycles. The molecule has 2 aromatic rings. The first-order valence-electron chi connectivity index (χ1n) is 7.26. The molecule has 0 atom stereocenters. The van der Waals surface area contributed by atoms with Crippen LogP contribution in [0.15, 0.2) is 30.5 Å². The third-order valence-electron chi connectivity index (χ3n) is 3.61. The molecule has 0 spiro atoms. The van der Waals surface area contributed by atoms with E-state index in [2.05, 4.69) is 36.4 Å². The molecule has 106 valence electrons. The van der Waals surface area contributed by atoms with Gasteiger partial charge in [0.05, 0.1) is 11.4 Å². The Balaban J connectivity index is 1.71. The quantitative estimate of drug-likeness (QED) is 0.926. The highest BCUT2D eigenvalue weighted by molar-refractivity contribution is 5.63. The van der Waals surface area contributed by atoms with Crippen molar-refractivity contribution in [3.05, 3.63) is 41.7 Å². The monoisotopic (exact) mass is 271 g/mol. The van der Waals surface area contributed by atoms with E-state index in [1.165, 1.54) is 12.0 Å². The minimum Gasteiger partial charge on any atom is -0.485 e. The Hall–Kier alpha value is -1.97. The van der Waals surface area contributed by atoms with Crippen molar-refractivity contribution >= 4 is 5.69 Å². The first kappa shape index (κ1) is 13.0. The van der Waals surface area contributed by atoms with Crippen LogP contribution in [0.2, 0.25) is 0 Å². The van der Waals surface area contributed by atoms with Crippen molar-refractivity contribution in [1.82, 2.24) is 9.78 Å². The number of hydrogen-bond acceptors (Lipinski definition) is 3. The van der Waals surface area contributed by atoms with E-state index in [0.29, 0.717) is 12.6 Å². The van der Waals surface area contributed by atoms with Crippen LogP contribution >= 0.6 is 0 Å². The molecule has 1 N–H and O–H groups in total. The number of ether oxygens (including phenoxy) is 1. The average Bonchev–Trinajstić information content (AvgIpc) is 2.94. The maximum atomic E-state index is 5.95. The molecule has 4 nitrogen and oxygen atoms in total. The van der Waals surface area contributed by atoms with Gasteiger partial charge in [0.2, 0.25) is 0 Å². The standard InChI is InChI=1S/C16H21N3O/c1-12(2)19-10-8-14(18-19)11-20-15-7-3-5-13-6-4-9-17-16(13)15/h3,5,7-8,10,12,17H,4,6,9,11H2,1-2H3. The van der Waals surface area contributed by atoms with Gasteiger partial charge in [0.1, 0.15) is 12.4 Å². The highest BCUT2D eigenvalue weighted by atomic mass is 16.5. The van der Waals surface area contributed by atoms with Gasteiger partial charge in [-0.3, -0.25) is 4.68 Å². The molecule has 2 heterocycles. The summed E-state index contributed by atoms with van der Waals surface area (Å²) in [6, 6.07) is 8.66. The molecule has 1 aliphatic heterocycles. The van der Waals surface area contributed by atoms with E-state index in [9.17, 15) is 0 Å². The van der Waals surface area contributed by atoms with Crippen molar-refractivity contribution in [2.45, 2.75) is 39.3 Å². The van der Waals surface area contributed by atoms with E-state index in [-0.39, 0.29) is 0 Å². The van der Waals surface area contributed by atoms with Gasteiger partial charge in [-0.25, -0.2) is 0 Å². The van der Waals surface area contributed by atoms with Crippen LogP contribution in [0.4, 0.5) is 5.69 Å². The lowest BCUT2D eigenvalue weighted by Crippen LogP contribution is -2.13. The Morgan fingerprint density at radius 3 is 3.05 bits per heavy atom. The van der Waals surface area contributed by atoms with Crippen molar-refractivity contribution < 1.29 is 4.74 Å². The van der Waals surface area contributed by atoms with Crippen LogP contribution in [-0.2, 0) is 13.0 Å². The fourth-order valence-electron chi connectivity index (χ4n) is 2.49. The summed E-state index contributed by atoms with van der Waals surface area (Å²) < 4.78 is 7.90. The highest BCUT2D eigenvalue weighted by Gasteiger charge is 2.13. The molecule has 4 heteroatoms. The second-order valence-electron chi connectivity index (χ2n) is 5.49. The summed E-state index contributed by atoms with van der Waals surface area (Å²) in [6.45, 7) is 5.78. The topological polar surface area (TPSA) is 39.1 Å². The van der Waals surface area contributed by atoms with Crippen molar-refractivity contribution in [3.8, 4) is 5.75 Å². The lowest BCUT2D eigenvalue weighted by atomic mass is 10.0. The zero-order valence-electron chi connectivity index (χ0n) is 12.1. The Bertz CT molecular complexity index is 589. The first-order valence-corrected chi connectivity index (χ1v) is 7.26. The minimum absolute atomic E-state index is 0.384. The van der Waals surface area contributed by atoms with Crippen molar-refractivity contribution in [3.63, 3.8) is 0 Å². The number of aromatic nitrogens is 2. The molecule has 0 fully saturated rings. The Morgan fingerprint density at radius 2 is 2.25 bits per heavy atom. The van der Waals surface area contributed by atoms with Crippen LogP contribution in [-0.4, -0.2) is 16.3 Å². The van der Waals surface area contributed by atoms with Crippen LogP contribution in [0.25, 0.3) is 0 Å². The summed E-state index contributed by atoms with van der Waals surface area (Å²) in [5.41, 5.74) is 3.47. The van der Waals surface area contributed by atoms with Crippen LogP contribution < -0.4 is 10.1 Å². The number of para-hydroxylation sites is 1. The van der Waals surface area contributed by atoms with Crippen LogP contribution in [0.5, 0.6) is 5.75 Å². The van der Waals surface area contributed by atoms with Crippen LogP contribution in [0.3, 0.4) is 0 Å². The molecule has 3 rings (SSSR count). The maximum absolute atomic E-state index is 5.95. The highest BCUT2D eigenvalue weighted by Crippen LogP contribution is 2.32. The third kappa shape index (κ3) is 2.64. The predicted octanol–water partition coefficient (Wildman–Crippen LogP) is 3.40. The molecule has 0 aliphatic carbocycles. The van der Waals surface area contributed by atoms with Gasteiger partial charge in [-0.1, -0.05) is 12.1 Å². The van der Waals surface area contributed by atoms with Crippen LogP contribution in [0, 0.1) is 0 Å². The zero-order chi connectivity index (χ0) is 13.9. The van der Waals surface area contributed by atoms with E-state index in [1.807, 2.05) is 23.0 Å². The summed E-state index contributed by atoms with van der Waals surface area (Å²) in [7, 11) is 0. The number of benzene rings is 1. The second kappa shape index (κ2) is 5.57. The molecule has 0 radical (unpaired) electrons. The van der Waals surface area contributed by atoms with Crippen molar-refractivity contribution in [1.29, 1.82) is 0 Å². The smallest absolute Gasteiger partial charge is 0.143 e. The van der Waals surface area contributed by atoms with Crippen molar-refractivity contribution in [2.75, 3.05) is 11.9 Å². The van der Waals surface area contributed by atoms with Gasteiger partial charge >= 0.3 is 0 Å². The Kier molecular flexibility index (Phi) is 3.63. The molecule has 1 aromatic carbocycles. The van der Waals surface area contributed by atoms with Gasteiger partial charge in [-0.05, 0) is 44.4 Å². The number of rotatable bonds is 4. The summed E-state index contributed by atoms with van der Waals surface area (Å²) in [5.74, 6) is 0.932. The zero-order valence-corrected chi connectivity index (χ0v) is 12.1. The molecule has 20 heavy (non-hydrogen) atoms. The summed E-state index contributed by atoms with van der Waals surface area (Å²) in [5, 5.41) is 7.95. The minimum atomic E-state index is 0.384.